The highest BCUT2D eigenvalue weighted by atomic mass is 35.5. The molecule has 9 heteroatoms. The van der Waals surface area contributed by atoms with Crippen LogP contribution in [0.1, 0.15) is 25.8 Å². The number of benzene rings is 1. The highest BCUT2D eigenvalue weighted by molar-refractivity contribution is 6.52. The first-order valence-corrected chi connectivity index (χ1v) is 9.72. The molecule has 2 atom stereocenters. The summed E-state index contributed by atoms with van der Waals surface area (Å²) in [6, 6.07) is 7.36. The van der Waals surface area contributed by atoms with E-state index in [2.05, 4.69) is 20.3 Å². The van der Waals surface area contributed by atoms with Gasteiger partial charge in [0.2, 0.25) is 0 Å². The van der Waals surface area contributed by atoms with Crippen LogP contribution in [0.3, 0.4) is 0 Å². The van der Waals surface area contributed by atoms with Gasteiger partial charge in [0.1, 0.15) is 22.7 Å². The van der Waals surface area contributed by atoms with Crippen molar-refractivity contribution in [1.29, 1.82) is 0 Å². The fraction of sp³-hybridized carbons (Fsp3) is 0.409. The molecule has 0 spiro atoms. The number of Topliss-reactive ketones (excluding diaryl/α,β-unsaturated/α-hetero) is 2. The lowest BCUT2D eigenvalue weighted by Crippen LogP contribution is -2.50. The molecule has 7 nitrogen and oxygen atoms in total. The molecule has 1 aromatic rings. The Hall–Kier alpha value is -2.35. The number of fused-ring (bicyclic) bond motifs is 2. The third-order valence-corrected chi connectivity index (χ3v) is 5.71. The Morgan fingerprint density at radius 2 is 1.77 bits per heavy atom. The summed E-state index contributed by atoms with van der Waals surface area (Å²) >= 11 is 0. The number of hydrogen-bond acceptors (Lipinski definition) is 7. The van der Waals surface area contributed by atoms with Gasteiger partial charge in [-0.05, 0) is 58.1 Å². The van der Waals surface area contributed by atoms with Crippen LogP contribution in [0.4, 0.5) is 0 Å². The van der Waals surface area contributed by atoms with Gasteiger partial charge < -0.3 is 10.1 Å². The van der Waals surface area contributed by atoms with Gasteiger partial charge in [-0.2, -0.15) is 0 Å². The molecule has 2 aliphatic heterocycles. The molecule has 1 aliphatic carbocycles. The molecule has 0 bridgehead atoms. The summed E-state index contributed by atoms with van der Waals surface area (Å²) in [7, 11) is 3.44. The van der Waals surface area contributed by atoms with E-state index in [4.69, 9.17) is 4.74 Å². The Morgan fingerprint density at radius 1 is 1.10 bits per heavy atom. The summed E-state index contributed by atoms with van der Waals surface area (Å²) in [5, 5.41) is 3.08. The first-order valence-electron chi connectivity index (χ1n) is 9.72. The second-order valence-electron chi connectivity index (χ2n) is 7.95. The zero-order valence-corrected chi connectivity index (χ0v) is 19.5. The smallest absolute Gasteiger partial charge is 0.187 e. The third-order valence-electron chi connectivity index (χ3n) is 5.71. The van der Waals surface area contributed by atoms with E-state index in [1.54, 1.807) is 27.2 Å². The fourth-order valence-electron chi connectivity index (χ4n) is 4.01. The molecule has 1 aromatic carbocycles. The van der Waals surface area contributed by atoms with Crippen molar-refractivity contribution < 1.29 is 14.3 Å². The van der Waals surface area contributed by atoms with Crippen molar-refractivity contribution in [2.75, 3.05) is 20.7 Å². The minimum absolute atomic E-state index is 0. The molecule has 3 aliphatic rings. The van der Waals surface area contributed by atoms with E-state index in [1.807, 2.05) is 31.3 Å². The largest absolute Gasteiger partial charge is 0.497 e. The van der Waals surface area contributed by atoms with Crippen LogP contribution >= 0.6 is 24.8 Å². The molecule has 2 unspecified atom stereocenters. The van der Waals surface area contributed by atoms with Crippen LogP contribution in [0, 0.1) is 11.8 Å². The van der Waals surface area contributed by atoms with Crippen LogP contribution in [-0.4, -0.2) is 55.6 Å². The monoisotopic (exact) mass is 464 g/mol. The Bertz CT molecular complexity index is 1010. The van der Waals surface area contributed by atoms with Crippen molar-refractivity contribution in [3.8, 4) is 5.75 Å². The molecule has 1 N–H and O–H groups in total. The van der Waals surface area contributed by atoms with Crippen molar-refractivity contribution >= 4 is 54.1 Å². The Balaban J connectivity index is 0.00000171. The number of halogens is 2. The number of allylic oxidation sites excluding steroid dienone is 2. The summed E-state index contributed by atoms with van der Waals surface area (Å²) in [4.78, 5) is 40.1. The van der Waals surface area contributed by atoms with E-state index < -0.39 is 17.4 Å². The van der Waals surface area contributed by atoms with Crippen molar-refractivity contribution in [3.05, 3.63) is 41.1 Å². The van der Waals surface area contributed by atoms with Crippen molar-refractivity contribution in [2.24, 2.45) is 26.8 Å². The molecular formula is C22H26Cl2N4O3. The average Bonchev–Trinajstić information content (AvgIpc) is 3.16. The number of nitrogens with one attached hydrogen (secondary N) is 1. The molecule has 0 amide bonds. The number of carbonyl (C=O) groups is 2. The van der Waals surface area contributed by atoms with Crippen LogP contribution in [-0.2, 0) is 9.59 Å². The van der Waals surface area contributed by atoms with E-state index >= 15 is 0 Å². The van der Waals surface area contributed by atoms with Gasteiger partial charge >= 0.3 is 0 Å². The summed E-state index contributed by atoms with van der Waals surface area (Å²) in [6.45, 7) is 4.22. The standard InChI is InChI=1S/C22H24N4O3.2ClH/c1-22(2)20(28)16-14(9-10-23-3)19(27)18-17(15(16)11-24-22)25-21(26-18)12-5-7-13(29-4)8-6-12;;/h5-8,11,14,16,23H,9-10H2,1-4H3;2*1H. The van der Waals surface area contributed by atoms with Gasteiger partial charge in [0, 0.05) is 23.3 Å². The van der Waals surface area contributed by atoms with Gasteiger partial charge in [-0.15, -0.1) is 24.8 Å². The number of hydrogen-bond donors (Lipinski definition) is 1. The number of aliphatic imine (C=N–C) groups is 3. The van der Waals surface area contributed by atoms with E-state index in [9.17, 15) is 9.59 Å². The van der Waals surface area contributed by atoms with Crippen molar-refractivity contribution in [1.82, 2.24) is 5.32 Å². The molecule has 0 saturated carbocycles. The van der Waals surface area contributed by atoms with Gasteiger partial charge in [-0.3, -0.25) is 14.6 Å². The first-order chi connectivity index (χ1) is 13.9. The lowest BCUT2D eigenvalue weighted by atomic mass is 9.67. The highest BCUT2D eigenvalue weighted by Gasteiger charge is 2.50. The lowest BCUT2D eigenvalue weighted by Gasteiger charge is -2.37. The lowest BCUT2D eigenvalue weighted by molar-refractivity contribution is -0.131. The third kappa shape index (κ3) is 4.22. The predicted molar refractivity (Wildman–Crippen MR) is 127 cm³/mol. The predicted octanol–water partition coefficient (Wildman–Crippen LogP) is 2.85. The molecule has 0 saturated heterocycles. The maximum atomic E-state index is 13.3. The van der Waals surface area contributed by atoms with Crippen LogP contribution in [0.2, 0.25) is 0 Å². The van der Waals surface area contributed by atoms with E-state index in [0.717, 1.165) is 11.3 Å². The van der Waals surface area contributed by atoms with Crippen molar-refractivity contribution in [2.45, 2.75) is 25.8 Å². The topological polar surface area (TPSA) is 92.5 Å². The summed E-state index contributed by atoms with van der Waals surface area (Å²) < 4.78 is 5.20. The summed E-state index contributed by atoms with van der Waals surface area (Å²) in [5.41, 5.74) is 1.47. The molecule has 166 valence electrons. The molecule has 31 heavy (non-hydrogen) atoms. The first kappa shape index (κ1) is 24.9. The van der Waals surface area contributed by atoms with Crippen LogP contribution in [0.25, 0.3) is 0 Å². The number of carbonyl (C=O) groups excluding carboxylic acids is 2. The van der Waals surface area contributed by atoms with Gasteiger partial charge in [-0.25, -0.2) is 9.98 Å². The maximum absolute atomic E-state index is 13.3. The van der Waals surface area contributed by atoms with Gasteiger partial charge in [-0.1, -0.05) is 0 Å². The number of rotatable bonds is 5. The maximum Gasteiger partial charge on any atom is 0.187 e. The van der Waals surface area contributed by atoms with E-state index in [1.165, 1.54) is 0 Å². The Labute approximate surface area is 194 Å². The fourth-order valence-corrected chi connectivity index (χ4v) is 4.01. The van der Waals surface area contributed by atoms with Crippen LogP contribution in [0.15, 0.2) is 50.5 Å². The minimum atomic E-state index is -0.845. The second kappa shape index (κ2) is 9.42. The normalized spacial score (nSPS) is 23.2. The zero-order chi connectivity index (χ0) is 20.8. The molecule has 0 radical (unpaired) electrons. The number of amidine groups is 1. The van der Waals surface area contributed by atoms with E-state index in [-0.39, 0.29) is 36.4 Å². The highest BCUT2D eigenvalue weighted by Crippen LogP contribution is 2.41. The molecule has 0 fully saturated rings. The van der Waals surface area contributed by atoms with Crippen molar-refractivity contribution in [3.63, 3.8) is 0 Å². The second-order valence-corrected chi connectivity index (χ2v) is 7.95. The molecule has 0 aromatic heterocycles. The average molecular weight is 465 g/mol. The SMILES string of the molecule is CNCCC1C(=O)C2=NC(c3ccc(OC)cc3)=NC2=C2C=NC(C)(C)C(=O)C21.Cl.Cl. The number of ether oxygens (including phenoxy) is 1. The zero-order valence-electron chi connectivity index (χ0n) is 17.8. The molecule has 2 heterocycles. The van der Waals surface area contributed by atoms with E-state index in [0.29, 0.717) is 35.8 Å². The number of nitrogens with zero attached hydrogens (tertiary/aromatic N) is 3. The van der Waals surface area contributed by atoms with Gasteiger partial charge in [0.25, 0.3) is 0 Å². The minimum Gasteiger partial charge on any atom is -0.497 e. The van der Waals surface area contributed by atoms with Gasteiger partial charge in [0.05, 0.1) is 13.0 Å². The van der Waals surface area contributed by atoms with Crippen LogP contribution in [0.5, 0.6) is 5.75 Å². The Kier molecular flexibility index (Phi) is 7.57. The van der Waals surface area contributed by atoms with Gasteiger partial charge in [0.15, 0.2) is 17.4 Å². The summed E-state index contributed by atoms with van der Waals surface area (Å²) in [5.74, 6) is 0.0622. The number of methoxy groups -OCH3 is 1. The molecular weight excluding hydrogens is 439 g/mol. The quantitative estimate of drug-likeness (QED) is 0.724. The number of ketones is 2. The van der Waals surface area contributed by atoms with Crippen LogP contribution < -0.4 is 10.1 Å². The Morgan fingerprint density at radius 3 is 2.39 bits per heavy atom. The molecule has 4 rings (SSSR count). The summed E-state index contributed by atoms with van der Waals surface area (Å²) in [6.07, 6.45) is 2.28.